The summed E-state index contributed by atoms with van der Waals surface area (Å²) in [5, 5.41) is 2.71. The maximum Gasteiger partial charge on any atom is 0.243 e. The van der Waals surface area contributed by atoms with Crippen molar-refractivity contribution in [1.82, 2.24) is 10.7 Å². The second-order valence-electron chi connectivity index (χ2n) is 2.63. The fourth-order valence-electron chi connectivity index (χ4n) is 1.10. The van der Waals surface area contributed by atoms with Crippen molar-refractivity contribution in [2.45, 2.75) is 12.1 Å². The molecule has 0 bridgehead atoms. The van der Waals surface area contributed by atoms with Gasteiger partial charge in [0.2, 0.25) is 5.91 Å². The number of hydrogen-bond acceptors (Lipinski definition) is 4. The monoisotopic (exact) mass is 171 g/mol. The van der Waals surface area contributed by atoms with E-state index >= 15 is 0 Å². The highest BCUT2D eigenvalue weighted by atomic mass is 16.5. The van der Waals surface area contributed by atoms with Crippen LogP contribution in [0.25, 0.3) is 0 Å². The normalized spacial score (nSPS) is 28.4. The van der Waals surface area contributed by atoms with Gasteiger partial charge in [0.15, 0.2) is 0 Å². The number of rotatable bonds is 3. The van der Waals surface area contributed by atoms with Crippen molar-refractivity contribution in [3.05, 3.63) is 12.7 Å². The molecule has 1 fully saturated rings. The number of nitrogens with one attached hydrogen (secondary N) is 2. The summed E-state index contributed by atoms with van der Waals surface area (Å²) in [6, 6.07) is -0.0607. The van der Waals surface area contributed by atoms with Gasteiger partial charge in [-0.3, -0.25) is 16.1 Å². The molecule has 0 aromatic heterocycles. The van der Waals surface area contributed by atoms with E-state index < -0.39 is 0 Å². The molecule has 1 aliphatic rings. The van der Waals surface area contributed by atoms with Crippen LogP contribution in [0.15, 0.2) is 12.7 Å². The van der Waals surface area contributed by atoms with E-state index in [1.54, 1.807) is 0 Å². The second kappa shape index (κ2) is 4.20. The fourth-order valence-corrected chi connectivity index (χ4v) is 1.10. The fraction of sp³-hybridized carbons (Fsp3) is 0.571. The number of carbonyl (C=O) groups excluding carboxylic acids is 1. The van der Waals surface area contributed by atoms with E-state index in [1.165, 1.54) is 6.08 Å². The van der Waals surface area contributed by atoms with E-state index in [2.05, 4.69) is 17.3 Å². The molecule has 5 heteroatoms. The first-order chi connectivity index (χ1) is 5.77. The minimum Gasteiger partial charge on any atom is -0.377 e. The summed E-state index contributed by atoms with van der Waals surface area (Å²) < 4.78 is 5.11. The molecular formula is C7H13N3O2. The molecule has 5 nitrogen and oxygen atoms in total. The molecule has 1 aliphatic heterocycles. The van der Waals surface area contributed by atoms with Crippen molar-refractivity contribution < 1.29 is 9.53 Å². The Balaban J connectivity index is 2.40. The molecule has 0 aromatic rings. The Morgan fingerprint density at radius 3 is 2.83 bits per heavy atom. The quantitative estimate of drug-likeness (QED) is 0.275. The Morgan fingerprint density at radius 2 is 2.25 bits per heavy atom. The van der Waals surface area contributed by atoms with Gasteiger partial charge in [-0.2, -0.15) is 0 Å². The van der Waals surface area contributed by atoms with Crippen LogP contribution in [0.3, 0.4) is 0 Å². The Labute approximate surface area is 70.9 Å². The predicted octanol–water partition coefficient (Wildman–Crippen LogP) is -1.48. The van der Waals surface area contributed by atoms with E-state index in [0.29, 0.717) is 13.2 Å². The van der Waals surface area contributed by atoms with Gasteiger partial charge in [0.1, 0.15) is 0 Å². The second-order valence-corrected chi connectivity index (χ2v) is 2.63. The van der Waals surface area contributed by atoms with Crippen LogP contribution in [-0.2, 0) is 9.53 Å². The third-order valence-electron chi connectivity index (χ3n) is 1.81. The summed E-state index contributed by atoms with van der Waals surface area (Å²) in [5.41, 5.74) is 2.57. The van der Waals surface area contributed by atoms with Gasteiger partial charge in [-0.1, -0.05) is 6.58 Å². The molecule has 0 saturated carbocycles. The highest BCUT2D eigenvalue weighted by Gasteiger charge is 2.27. The van der Waals surface area contributed by atoms with Gasteiger partial charge in [0.25, 0.3) is 0 Å². The summed E-state index contributed by atoms with van der Waals surface area (Å²) in [7, 11) is 0. The summed E-state index contributed by atoms with van der Waals surface area (Å²) in [6.45, 7) is 4.37. The first-order valence-corrected chi connectivity index (χ1v) is 3.74. The molecular weight excluding hydrogens is 158 g/mol. The summed E-state index contributed by atoms with van der Waals surface area (Å²) in [6.07, 6.45) is 1.23. The minimum absolute atomic E-state index is 0.00565. The Kier molecular flexibility index (Phi) is 3.21. The summed E-state index contributed by atoms with van der Waals surface area (Å²) in [5.74, 6) is 5.03. The number of hydrogen-bond donors (Lipinski definition) is 3. The van der Waals surface area contributed by atoms with Crippen LogP contribution in [0.2, 0.25) is 0 Å². The zero-order valence-corrected chi connectivity index (χ0v) is 6.75. The van der Waals surface area contributed by atoms with E-state index in [1.807, 2.05) is 0 Å². The van der Waals surface area contributed by atoms with Gasteiger partial charge < -0.3 is 10.1 Å². The van der Waals surface area contributed by atoms with E-state index in [9.17, 15) is 4.79 Å². The lowest BCUT2D eigenvalue weighted by Crippen LogP contribution is -2.51. The number of carbonyl (C=O) groups is 1. The van der Waals surface area contributed by atoms with Crippen molar-refractivity contribution in [3.63, 3.8) is 0 Å². The van der Waals surface area contributed by atoms with E-state index in [4.69, 9.17) is 10.6 Å². The van der Waals surface area contributed by atoms with Crippen LogP contribution in [0, 0.1) is 0 Å². The number of amides is 1. The van der Waals surface area contributed by atoms with Gasteiger partial charge in [0, 0.05) is 0 Å². The molecule has 4 N–H and O–H groups in total. The largest absolute Gasteiger partial charge is 0.377 e. The topological polar surface area (TPSA) is 76.4 Å². The molecule has 12 heavy (non-hydrogen) atoms. The first-order valence-electron chi connectivity index (χ1n) is 3.74. The van der Waals surface area contributed by atoms with E-state index in [-0.39, 0.29) is 18.0 Å². The van der Waals surface area contributed by atoms with Gasteiger partial charge in [-0.05, 0) is 6.08 Å². The van der Waals surface area contributed by atoms with Crippen LogP contribution in [0.5, 0.6) is 0 Å². The van der Waals surface area contributed by atoms with Crippen molar-refractivity contribution >= 4 is 5.91 Å². The molecule has 68 valence electrons. The lowest BCUT2D eigenvalue weighted by atomic mass is 10.2. The molecule has 1 amide bonds. The number of nitrogens with two attached hydrogens (primary N) is 1. The lowest BCUT2D eigenvalue weighted by molar-refractivity contribution is -0.117. The van der Waals surface area contributed by atoms with Crippen molar-refractivity contribution in [2.24, 2.45) is 5.84 Å². The molecule has 1 heterocycles. The van der Waals surface area contributed by atoms with Gasteiger partial charge in [0.05, 0.1) is 25.3 Å². The van der Waals surface area contributed by atoms with Crippen molar-refractivity contribution in [2.75, 3.05) is 13.2 Å². The predicted molar refractivity (Wildman–Crippen MR) is 44.1 cm³/mol. The zero-order chi connectivity index (χ0) is 8.97. The molecule has 0 aliphatic carbocycles. The average molecular weight is 171 g/mol. The smallest absolute Gasteiger partial charge is 0.243 e. The van der Waals surface area contributed by atoms with E-state index in [0.717, 1.165) is 0 Å². The maximum absolute atomic E-state index is 10.9. The van der Waals surface area contributed by atoms with Crippen molar-refractivity contribution in [3.8, 4) is 0 Å². The highest BCUT2D eigenvalue weighted by Crippen LogP contribution is 2.03. The Hall–Kier alpha value is -0.910. The average Bonchev–Trinajstić information content (AvgIpc) is 2.51. The highest BCUT2D eigenvalue weighted by molar-refractivity contribution is 5.87. The van der Waals surface area contributed by atoms with Crippen molar-refractivity contribution in [1.29, 1.82) is 0 Å². The van der Waals surface area contributed by atoms with Crippen LogP contribution in [0.1, 0.15) is 0 Å². The molecule has 0 unspecified atom stereocenters. The molecule has 0 radical (unpaired) electrons. The first kappa shape index (κ1) is 9.18. The molecule has 0 spiro atoms. The lowest BCUT2D eigenvalue weighted by Gasteiger charge is -2.16. The number of ether oxygens (including phenoxy) is 1. The van der Waals surface area contributed by atoms with Gasteiger partial charge in [-0.15, -0.1) is 0 Å². The third-order valence-corrected chi connectivity index (χ3v) is 1.81. The minimum atomic E-state index is -0.203. The van der Waals surface area contributed by atoms with Gasteiger partial charge in [-0.25, -0.2) is 0 Å². The molecule has 1 rings (SSSR count). The standard InChI is InChI=1S/C7H13N3O2/c1-2-7(11)9-5-3-12-4-6(5)10-8/h2,5-6,10H,1,3-4,8H2,(H,9,11)/t5-,6+/m0/s1. The van der Waals surface area contributed by atoms with Crippen LogP contribution >= 0.6 is 0 Å². The van der Waals surface area contributed by atoms with Gasteiger partial charge >= 0.3 is 0 Å². The molecule has 2 atom stereocenters. The number of hydrazine groups is 1. The van der Waals surface area contributed by atoms with Crippen LogP contribution in [-0.4, -0.2) is 31.2 Å². The zero-order valence-electron chi connectivity index (χ0n) is 6.75. The summed E-state index contributed by atoms with van der Waals surface area (Å²) >= 11 is 0. The maximum atomic E-state index is 10.9. The van der Waals surface area contributed by atoms with Crippen LogP contribution < -0.4 is 16.6 Å². The molecule has 0 aromatic carbocycles. The Bertz CT molecular complexity index is 183. The summed E-state index contributed by atoms with van der Waals surface area (Å²) in [4.78, 5) is 10.9. The Morgan fingerprint density at radius 1 is 1.58 bits per heavy atom. The van der Waals surface area contributed by atoms with Crippen LogP contribution in [0.4, 0.5) is 0 Å². The SMILES string of the molecule is C=CC(=O)N[C@H]1COC[C@H]1NN. The third kappa shape index (κ3) is 2.04. The molecule has 1 saturated heterocycles.